The minimum Gasteiger partial charge on any atom is -0.388 e. The van der Waals surface area contributed by atoms with Gasteiger partial charge in [-0.2, -0.15) is 0 Å². The van der Waals surface area contributed by atoms with Crippen LogP contribution >= 0.6 is 0 Å². The molecule has 0 aromatic carbocycles. The van der Waals surface area contributed by atoms with Crippen molar-refractivity contribution in [1.82, 2.24) is 10.1 Å². The van der Waals surface area contributed by atoms with Gasteiger partial charge in [0, 0.05) is 31.3 Å². The van der Waals surface area contributed by atoms with E-state index in [4.69, 9.17) is 9.36 Å². The Hall–Kier alpha value is -1.36. The highest BCUT2D eigenvalue weighted by Gasteiger charge is 2.36. The van der Waals surface area contributed by atoms with Crippen LogP contribution < -0.4 is 0 Å². The van der Waals surface area contributed by atoms with Crippen LogP contribution in [0.4, 0.5) is 0 Å². The predicted molar refractivity (Wildman–Crippen MR) is 62.6 cm³/mol. The molecule has 3 atom stereocenters. The first-order chi connectivity index (χ1) is 8.31. The van der Waals surface area contributed by atoms with Crippen LogP contribution in [0.25, 0.3) is 0 Å². The van der Waals surface area contributed by atoms with Gasteiger partial charge in [-0.3, -0.25) is 0 Å². The first kappa shape index (κ1) is 10.8. The van der Waals surface area contributed by atoms with Gasteiger partial charge in [-0.25, -0.2) is 0 Å². The number of nitrogens with zero attached hydrogens (tertiary/aromatic N) is 3. The van der Waals surface area contributed by atoms with Gasteiger partial charge in [0.25, 0.3) is 0 Å². The van der Waals surface area contributed by atoms with E-state index in [-0.39, 0.29) is 0 Å². The Balaban J connectivity index is 1.45. The van der Waals surface area contributed by atoms with E-state index in [1.54, 1.807) is 0 Å². The number of piperidine rings is 1. The lowest BCUT2D eigenvalue weighted by Crippen LogP contribution is -2.24. The second-order valence-corrected chi connectivity index (χ2v) is 4.93. The zero-order chi connectivity index (χ0) is 11.7. The standard InChI is InChI=1S/C12H17N3O2/c1-9-4-12(17-14-9)8-16-13-5-11-7-15-3-2-10(11)6-15/h4-5,10-11H,2-3,6-8H2,1H3. The van der Waals surface area contributed by atoms with Gasteiger partial charge in [-0.05, 0) is 25.8 Å². The summed E-state index contributed by atoms with van der Waals surface area (Å²) in [5, 5.41) is 7.83. The number of fused-ring (bicyclic) bond motifs is 2. The molecule has 0 aliphatic carbocycles. The lowest BCUT2D eigenvalue weighted by atomic mass is 9.94. The highest BCUT2D eigenvalue weighted by atomic mass is 16.6. The fourth-order valence-corrected chi connectivity index (χ4v) is 2.70. The molecule has 2 aliphatic heterocycles. The normalized spacial score (nSPS) is 31.5. The predicted octanol–water partition coefficient (Wildman–Crippen LogP) is 1.44. The molecule has 0 N–H and O–H groups in total. The Morgan fingerprint density at radius 3 is 3.24 bits per heavy atom. The summed E-state index contributed by atoms with van der Waals surface area (Å²) < 4.78 is 5.03. The molecule has 2 bridgehead atoms. The van der Waals surface area contributed by atoms with E-state index in [0.29, 0.717) is 12.5 Å². The Bertz CT molecular complexity index is 416. The van der Waals surface area contributed by atoms with E-state index in [0.717, 1.165) is 23.9 Å². The topological polar surface area (TPSA) is 50.9 Å². The van der Waals surface area contributed by atoms with Crippen LogP contribution in [-0.4, -0.2) is 35.9 Å². The number of aryl methyl sites for hydroxylation is 1. The van der Waals surface area contributed by atoms with Gasteiger partial charge < -0.3 is 14.3 Å². The van der Waals surface area contributed by atoms with E-state index in [1.165, 1.54) is 19.5 Å². The molecular weight excluding hydrogens is 218 g/mol. The van der Waals surface area contributed by atoms with Crippen LogP contribution in [0.15, 0.2) is 15.7 Å². The van der Waals surface area contributed by atoms with Crippen LogP contribution in [0.2, 0.25) is 0 Å². The van der Waals surface area contributed by atoms with Crippen LogP contribution in [0.3, 0.4) is 0 Å². The summed E-state index contributed by atoms with van der Waals surface area (Å²) in [5.74, 6) is 2.08. The molecule has 0 spiro atoms. The van der Waals surface area contributed by atoms with Crippen LogP contribution in [-0.2, 0) is 11.4 Å². The van der Waals surface area contributed by atoms with Gasteiger partial charge >= 0.3 is 0 Å². The van der Waals surface area contributed by atoms with Gasteiger partial charge in [-0.1, -0.05) is 10.3 Å². The summed E-state index contributed by atoms with van der Waals surface area (Å²) in [6.07, 6.45) is 3.25. The van der Waals surface area contributed by atoms with Crippen LogP contribution in [0.1, 0.15) is 17.9 Å². The number of hydrogen-bond acceptors (Lipinski definition) is 5. The van der Waals surface area contributed by atoms with Gasteiger partial charge in [0.15, 0.2) is 12.4 Å². The van der Waals surface area contributed by atoms with Gasteiger partial charge in [0.2, 0.25) is 0 Å². The molecule has 5 nitrogen and oxygen atoms in total. The minimum atomic E-state index is 0.360. The fourth-order valence-electron chi connectivity index (χ4n) is 2.70. The molecule has 2 fully saturated rings. The van der Waals surface area contributed by atoms with Crippen molar-refractivity contribution < 1.29 is 9.36 Å². The third kappa shape index (κ3) is 2.34. The van der Waals surface area contributed by atoms with Crippen molar-refractivity contribution in [3.63, 3.8) is 0 Å². The zero-order valence-corrected chi connectivity index (χ0v) is 10.0. The highest BCUT2D eigenvalue weighted by Crippen LogP contribution is 2.31. The quantitative estimate of drug-likeness (QED) is 0.585. The maximum atomic E-state index is 5.22. The lowest BCUT2D eigenvalue weighted by Gasteiger charge is -2.17. The van der Waals surface area contributed by atoms with Crippen LogP contribution in [0.5, 0.6) is 0 Å². The van der Waals surface area contributed by atoms with E-state index in [9.17, 15) is 0 Å². The molecule has 17 heavy (non-hydrogen) atoms. The molecule has 3 rings (SSSR count). The van der Waals surface area contributed by atoms with E-state index < -0.39 is 0 Å². The average Bonchev–Trinajstić information content (AvgIpc) is 3.00. The summed E-state index contributed by atoms with van der Waals surface area (Å²) in [4.78, 5) is 7.71. The highest BCUT2D eigenvalue weighted by molar-refractivity contribution is 5.61. The third-order valence-corrected chi connectivity index (χ3v) is 3.59. The Labute approximate surface area is 100 Å². The lowest BCUT2D eigenvalue weighted by molar-refractivity contribution is 0.108. The van der Waals surface area contributed by atoms with E-state index in [2.05, 4.69) is 15.2 Å². The van der Waals surface area contributed by atoms with Crippen molar-refractivity contribution in [2.75, 3.05) is 19.6 Å². The van der Waals surface area contributed by atoms with Crippen molar-refractivity contribution >= 4 is 6.21 Å². The Kier molecular flexibility index (Phi) is 2.84. The number of oxime groups is 1. The van der Waals surface area contributed by atoms with Crippen molar-refractivity contribution in [3.8, 4) is 0 Å². The molecule has 2 saturated heterocycles. The molecule has 3 unspecified atom stereocenters. The molecular formula is C12H17N3O2. The summed E-state index contributed by atoms with van der Waals surface area (Å²) >= 11 is 0. The van der Waals surface area contributed by atoms with Crippen molar-refractivity contribution in [1.29, 1.82) is 0 Å². The van der Waals surface area contributed by atoms with Crippen molar-refractivity contribution in [2.24, 2.45) is 17.0 Å². The van der Waals surface area contributed by atoms with Gasteiger partial charge in [0.05, 0.1) is 5.69 Å². The van der Waals surface area contributed by atoms with Gasteiger partial charge in [0.1, 0.15) is 0 Å². The Morgan fingerprint density at radius 2 is 2.59 bits per heavy atom. The zero-order valence-electron chi connectivity index (χ0n) is 10.0. The maximum absolute atomic E-state index is 5.22. The summed E-state index contributed by atoms with van der Waals surface area (Å²) in [6.45, 7) is 5.88. The number of rotatable bonds is 4. The molecule has 0 radical (unpaired) electrons. The number of aromatic nitrogens is 1. The minimum absolute atomic E-state index is 0.360. The molecule has 1 aromatic rings. The van der Waals surface area contributed by atoms with Crippen LogP contribution in [0, 0.1) is 18.8 Å². The summed E-state index contributed by atoms with van der Waals surface area (Å²) in [6, 6.07) is 1.86. The summed E-state index contributed by atoms with van der Waals surface area (Å²) in [5.41, 5.74) is 0.869. The second kappa shape index (κ2) is 4.49. The molecule has 92 valence electrons. The second-order valence-electron chi connectivity index (χ2n) is 4.93. The first-order valence-corrected chi connectivity index (χ1v) is 6.11. The molecule has 0 saturated carbocycles. The molecule has 0 amide bonds. The monoisotopic (exact) mass is 235 g/mol. The molecule has 5 heteroatoms. The largest absolute Gasteiger partial charge is 0.388 e. The molecule has 3 heterocycles. The summed E-state index contributed by atoms with van der Waals surface area (Å²) in [7, 11) is 0. The SMILES string of the molecule is Cc1cc(CON=CC2CN3CCC2C3)on1. The Morgan fingerprint density at radius 1 is 1.65 bits per heavy atom. The van der Waals surface area contributed by atoms with Gasteiger partial charge in [-0.15, -0.1) is 0 Å². The fraction of sp³-hybridized carbons (Fsp3) is 0.667. The van der Waals surface area contributed by atoms with Crippen molar-refractivity contribution in [3.05, 3.63) is 17.5 Å². The van der Waals surface area contributed by atoms with E-state index >= 15 is 0 Å². The maximum Gasteiger partial charge on any atom is 0.177 e. The van der Waals surface area contributed by atoms with Crippen molar-refractivity contribution in [2.45, 2.75) is 20.0 Å². The molecule has 1 aromatic heterocycles. The number of hydrogen-bond donors (Lipinski definition) is 0. The average molecular weight is 235 g/mol. The smallest absolute Gasteiger partial charge is 0.177 e. The first-order valence-electron chi connectivity index (χ1n) is 6.11. The molecule has 2 aliphatic rings. The third-order valence-electron chi connectivity index (χ3n) is 3.59. The van der Waals surface area contributed by atoms with E-state index in [1.807, 2.05) is 19.2 Å².